The maximum Gasteiger partial charge on any atom is 0.261 e. The molecule has 0 spiro atoms. The monoisotopic (exact) mass is 1160 g/mol. The Hall–Kier alpha value is -9.81. The van der Waals surface area contributed by atoms with E-state index in [9.17, 15) is 14.4 Å². The number of methoxy groups -OCH3 is 2. The number of fused-ring (bicyclic) bond motifs is 12. The summed E-state index contributed by atoms with van der Waals surface area (Å²) in [4.78, 5) is 47.9. The van der Waals surface area contributed by atoms with Crippen molar-refractivity contribution in [1.82, 2.24) is 0 Å². The van der Waals surface area contributed by atoms with Crippen LogP contribution in [-0.4, -0.2) is 45.9 Å². The Morgan fingerprint density at radius 2 is 0.988 bits per heavy atom. The fraction of sp³-hybridized carbons (Fsp3) is 0.137. The Morgan fingerprint density at radius 3 is 1.52 bits per heavy atom. The van der Waals surface area contributed by atoms with E-state index in [1.54, 1.807) is 44.2 Å². The number of hydrogen-bond acceptors (Lipinski definition) is 9. The molecule has 13 heteroatoms. The summed E-state index contributed by atoms with van der Waals surface area (Å²) >= 11 is 13.1. The molecule has 0 aliphatic heterocycles. The van der Waals surface area contributed by atoms with Gasteiger partial charge in [-0.05, 0) is 170 Å². The summed E-state index contributed by atoms with van der Waals surface area (Å²) in [5, 5.41) is 25.9. The molecule has 11 aromatic carbocycles. The number of carbonyl (C=O) groups is 3. The van der Waals surface area contributed by atoms with Crippen LogP contribution in [0.2, 0.25) is 10.0 Å². The third-order valence-electron chi connectivity index (χ3n) is 17.4. The zero-order valence-corrected chi connectivity index (χ0v) is 49.5. The van der Waals surface area contributed by atoms with Crippen LogP contribution < -0.4 is 19.3 Å². The minimum Gasteiger partial charge on any atom is -0.494 e. The predicted octanol–water partition coefficient (Wildman–Crippen LogP) is 19.3. The molecule has 3 aliphatic carbocycles. The van der Waals surface area contributed by atoms with E-state index >= 15 is 0 Å². The molecule has 0 bridgehead atoms. The lowest BCUT2D eigenvalue weighted by Gasteiger charge is -2.23. The Morgan fingerprint density at radius 1 is 0.477 bits per heavy atom. The van der Waals surface area contributed by atoms with Gasteiger partial charge in [0.15, 0.2) is 17.3 Å². The zero-order valence-electron chi connectivity index (χ0n) is 48.0. The Kier molecular flexibility index (Phi) is 13.4. The van der Waals surface area contributed by atoms with E-state index in [1.807, 2.05) is 146 Å². The van der Waals surface area contributed by atoms with Crippen molar-refractivity contribution in [3.05, 3.63) is 236 Å². The highest BCUT2D eigenvalue weighted by atomic mass is 35.5. The quantitative estimate of drug-likeness (QED) is 0.113. The van der Waals surface area contributed by atoms with E-state index in [-0.39, 0.29) is 23.3 Å². The van der Waals surface area contributed by atoms with Crippen molar-refractivity contribution in [2.24, 2.45) is 20.5 Å². The number of benzene rings is 11. The molecule has 0 saturated carbocycles. The maximum absolute atomic E-state index is 15.0. The second-order valence-electron chi connectivity index (χ2n) is 22.0. The molecule has 420 valence electrons. The second-order valence-corrected chi connectivity index (χ2v) is 22.8. The van der Waals surface area contributed by atoms with E-state index in [2.05, 4.69) is 32.0 Å². The third kappa shape index (κ3) is 8.66. The molecule has 0 N–H and O–H groups in total. The topological polar surface area (TPSA) is 126 Å². The van der Waals surface area contributed by atoms with E-state index in [0.29, 0.717) is 73.6 Å². The number of amides is 2. The van der Waals surface area contributed by atoms with Crippen LogP contribution >= 0.6 is 23.2 Å². The number of ketones is 1. The first-order chi connectivity index (χ1) is 41.9. The van der Waals surface area contributed by atoms with Crippen molar-refractivity contribution in [2.75, 3.05) is 38.1 Å². The molecule has 0 atom stereocenters. The normalized spacial score (nSPS) is 12.7. The van der Waals surface area contributed by atoms with Gasteiger partial charge in [0.25, 0.3) is 11.8 Å². The molecular formula is C73H54Cl2N6O5. The highest BCUT2D eigenvalue weighted by Crippen LogP contribution is 2.52. The van der Waals surface area contributed by atoms with Crippen molar-refractivity contribution in [2.45, 2.75) is 39.5 Å². The van der Waals surface area contributed by atoms with Gasteiger partial charge in [-0.25, -0.2) is 0 Å². The van der Waals surface area contributed by atoms with Crippen LogP contribution in [0.1, 0.15) is 83.9 Å². The first kappa shape index (κ1) is 54.1. The van der Waals surface area contributed by atoms with E-state index < -0.39 is 0 Å². The Labute approximate surface area is 506 Å². The zero-order chi connectivity index (χ0) is 59.2. The number of ether oxygens (including phenoxy) is 2. The van der Waals surface area contributed by atoms with Gasteiger partial charge in [-0.3, -0.25) is 14.4 Å². The number of halogens is 2. The van der Waals surface area contributed by atoms with Gasteiger partial charge < -0.3 is 19.3 Å². The van der Waals surface area contributed by atoms with Crippen LogP contribution in [-0.2, 0) is 25.7 Å². The van der Waals surface area contributed by atoms with E-state index in [4.69, 9.17) is 53.1 Å². The summed E-state index contributed by atoms with van der Waals surface area (Å²) in [7, 11) is 6.66. The van der Waals surface area contributed by atoms with Crippen molar-refractivity contribution >= 4 is 107 Å². The van der Waals surface area contributed by atoms with E-state index in [0.717, 1.165) is 123 Å². The fourth-order valence-electron chi connectivity index (χ4n) is 13.3. The lowest BCUT2D eigenvalue weighted by molar-refractivity contribution is 0.0982. The predicted molar refractivity (Wildman–Crippen MR) is 346 cm³/mol. The Bertz CT molecular complexity index is 4860. The van der Waals surface area contributed by atoms with Crippen LogP contribution in [0.15, 0.2) is 190 Å². The molecule has 11 aromatic rings. The summed E-state index contributed by atoms with van der Waals surface area (Å²) in [6.45, 7) is 4.14. The second kappa shape index (κ2) is 21.4. The number of azo groups is 2. The third-order valence-corrected chi connectivity index (χ3v) is 17.9. The van der Waals surface area contributed by atoms with Crippen LogP contribution in [0.5, 0.6) is 11.5 Å². The first-order valence-corrected chi connectivity index (χ1v) is 29.3. The molecule has 0 saturated heterocycles. The molecule has 3 aliphatic rings. The molecule has 0 heterocycles. The average Bonchev–Trinajstić information content (AvgIpc) is 1.44. The smallest absolute Gasteiger partial charge is 0.261 e. The minimum atomic E-state index is -0.263. The summed E-state index contributed by atoms with van der Waals surface area (Å²) in [5.74, 6) is -0.130. The molecule has 2 amide bonds. The van der Waals surface area contributed by atoms with Gasteiger partial charge in [0.2, 0.25) is 0 Å². The van der Waals surface area contributed by atoms with Gasteiger partial charge >= 0.3 is 0 Å². The molecule has 11 nitrogen and oxygen atoms in total. The Balaban J connectivity index is 0.867. The highest BCUT2D eigenvalue weighted by Gasteiger charge is 2.32. The maximum atomic E-state index is 15.0. The fourth-order valence-corrected chi connectivity index (χ4v) is 13.6. The number of aryl methyl sites for hydroxylation is 2. The van der Waals surface area contributed by atoms with Gasteiger partial charge in [-0.15, -0.1) is 15.3 Å². The van der Waals surface area contributed by atoms with Crippen LogP contribution in [0.4, 0.5) is 34.1 Å². The molecule has 86 heavy (non-hydrogen) atoms. The molecule has 0 radical (unpaired) electrons. The standard InChI is InChI=1S/C73H54Cl2N6O5/c1-7-39-14-9-11-18-62(39)80(3)72(83)59-34-43-22-27-49-54-36-45(74)24-20-41(54)32-56(49)64(43)67(70(59)85-5)78-76-47-26-29-48-51-30-31-61(52-16-13-17-53(66(51)52)69(82)58(48)38-47)77-79-68-65-44(23-28-50-55-37-46(75)25-21-42(55)33-57(50)65)35-60(71(68)86-6)73(84)81(4)63-19-12-10-15-40(63)8-2/h9-31,34-38H,7-8,32-33H2,1-6H3. The number of carbonyl (C=O) groups excluding carboxylic acids is 3. The van der Waals surface area contributed by atoms with Gasteiger partial charge in [-0.1, -0.05) is 140 Å². The van der Waals surface area contributed by atoms with Gasteiger partial charge in [0, 0.05) is 68.2 Å². The molecular weight excluding hydrogens is 1110 g/mol. The van der Waals surface area contributed by atoms with Gasteiger partial charge in [0.05, 0.1) is 36.7 Å². The number of hydrogen-bond donors (Lipinski definition) is 0. The van der Waals surface area contributed by atoms with E-state index in [1.165, 1.54) is 0 Å². The van der Waals surface area contributed by atoms with Crippen LogP contribution in [0.3, 0.4) is 0 Å². The molecule has 14 rings (SSSR count). The largest absolute Gasteiger partial charge is 0.494 e. The molecule has 0 aromatic heterocycles. The van der Waals surface area contributed by atoms with Crippen LogP contribution in [0.25, 0.3) is 65.7 Å². The van der Waals surface area contributed by atoms with Gasteiger partial charge in [-0.2, -0.15) is 5.11 Å². The average molecular weight is 1170 g/mol. The van der Waals surface area contributed by atoms with Crippen molar-refractivity contribution in [3.63, 3.8) is 0 Å². The number of rotatable bonds is 12. The summed E-state index contributed by atoms with van der Waals surface area (Å²) < 4.78 is 12.5. The van der Waals surface area contributed by atoms with Crippen LogP contribution in [0, 0.1) is 0 Å². The minimum absolute atomic E-state index is 0.188. The highest BCUT2D eigenvalue weighted by molar-refractivity contribution is 6.31. The lowest BCUT2D eigenvalue weighted by atomic mass is 9.82. The van der Waals surface area contributed by atoms with Crippen molar-refractivity contribution in [3.8, 4) is 44.9 Å². The lowest BCUT2D eigenvalue weighted by Crippen LogP contribution is -2.27. The molecule has 0 fully saturated rings. The van der Waals surface area contributed by atoms with Gasteiger partial charge in [0.1, 0.15) is 11.4 Å². The number of para-hydroxylation sites is 2. The molecule has 0 unspecified atom stereocenters. The van der Waals surface area contributed by atoms with Crippen molar-refractivity contribution in [1.29, 1.82) is 0 Å². The SMILES string of the molecule is CCc1ccccc1N(C)C(=O)c1cc2ccc3c(c2c(N=Nc2ccc4c(c2)C(=O)c2cccc5c(N=Nc6c(OC)c(C(=O)N(C)c7ccccc7CC)cc7ccc8c(c67)Cc6ccc(Cl)cc6-8)ccc-4c25)c1OC)Cc1ccc(Cl)cc1-3. The summed E-state index contributed by atoms with van der Waals surface area (Å²) in [5.41, 5.74) is 17.1. The van der Waals surface area contributed by atoms with Crippen molar-refractivity contribution < 1.29 is 23.9 Å². The number of nitrogens with zero attached hydrogens (tertiary/aromatic N) is 6. The summed E-state index contributed by atoms with van der Waals surface area (Å²) in [6, 6.07) is 54.6. The number of anilines is 2. The summed E-state index contributed by atoms with van der Waals surface area (Å²) in [6.07, 6.45) is 2.72. The first-order valence-electron chi connectivity index (χ1n) is 28.6.